The van der Waals surface area contributed by atoms with Crippen molar-refractivity contribution in [3.05, 3.63) is 59.7 Å². The van der Waals surface area contributed by atoms with E-state index in [4.69, 9.17) is 9.47 Å². The highest BCUT2D eigenvalue weighted by Crippen LogP contribution is 2.44. The number of carbonyl (C=O) groups excluding carboxylic acids is 2. The first-order valence-corrected chi connectivity index (χ1v) is 12.4. The summed E-state index contributed by atoms with van der Waals surface area (Å²) in [6.45, 7) is 9.09. The third-order valence-corrected chi connectivity index (χ3v) is 7.02. The summed E-state index contributed by atoms with van der Waals surface area (Å²) in [5.41, 5.74) is 3.73. The number of hydrogen-bond acceptors (Lipinski definition) is 5. The SMILES string of the molecule is CC(C(=O)O)N(C(=O)OCC1c2ccccc2-c2ccccc21)[C@H]1CCN(C(=O)OC(C)(C)C)[C@@H]1C. The second-order valence-electron chi connectivity index (χ2n) is 10.5. The van der Waals surface area contributed by atoms with Crippen LogP contribution in [0.25, 0.3) is 11.1 Å². The standard InChI is InChI=1S/C28H34N2O6/c1-17-24(14-15-29(17)26(33)36-28(3,4)5)30(18(2)25(31)32)27(34)35-16-23-21-12-8-6-10-19(21)20-11-7-9-13-22(20)23/h6-13,17-18,23-24H,14-16H2,1-5H3,(H,31,32)/t17-,18?,24+/m1/s1. The van der Waals surface area contributed by atoms with E-state index in [1.54, 1.807) is 32.6 Å². The summed E-state index contributed by atoms with van der Waals surface area (Å²) >= 11 is 0. The Bertz CT molecular complexity index is 1110. The average Bonchev–Trinajstić information content (AvgIpc) is 3.35. The average molecular weight is 495 g/mol. The Labute approximate surface area is 211 Å². The minimum atomic E-state index is -1.13. The first-order chi connectivity index (χ1) is 17.0. The fourth-order valence-corrected chi connectivity index (χ4v) is 5.24. The Morgan fingerprint density at radius 2 is 1.61 bits per heavy atom. The molecule has 2 amide bonds. The molecular weight excluding hydrogens is 460 g/mol. The van der Waals surface area contributed by atoms with E-state index in [2.05, 4.69) is 12.1 Å². The number of carbonyl (C=O) groups is 3. The van der Waals surface area contributed by atoms with Crippen molar-refractivity contribution in [3.8, 4) is 11.1 Å². The van der Waals surface area contributed by atoms with Crippen LogP contribution >= 0.6 is 0 Å². The number of nitrogens with zero attached hydrogens (tertiary/aromatic N) is 2. The van der Waals surface area contributed by atoms with Crippen molar-refractivity contribution < 1.29 is 29.0 Å². The molecule has 2 aromatic carbocycles. The molecule has 36 heavy (non-hydrogen) atoms. The predicted octanol–water partition coefficient (Wildman–Crippen LogP) is 5.11. The topological polar surface area (TPSA) is 96.4 Å². The van der Waals surface area contributed by atoms with Gasteiger partial charge in [0.2, 0.25) is 0 Å². The van der Waals surface area contributed by atoms with Crippen LogP contribution in [0.3, 0.4) is 0 Å². The van der Waals surface area contributed by atoms with Crippen LogP contribution in [-0.4, -0.2) is 69.9 Å². The predicted molar refractivity (Wildman–Crippen MR) is 135 cm³/mol. The highest BCUT2D eigenvalue weighted by atomic mass is 16.6. The van der Waals surface area contributed by atoms with Gasteiger partial charge in [-0.15, -0.1) is 0 Å². The number of rotatable bonds is 5. The minimum absolute atomic E-state index is 0.0899. The molecule has 4 rings (SSSR count). The molecule has 1 unspecified atom stereocenters. The summed E-state index contributed by atoms with van der Waals surface area (Å²) in [6.07, 6.45) is -0.745. The van der Waals surface area contributed by atoms with Gasteiger partial charge in [-0.1, -0.05) is 48.5 Å². The highest BCUT2D eigenvalue weighted by molar-refractivity contribution is 5.81. The van der Waals surface area contributed by atoms with E-state index >= 15 is 0 Å². The van der Waals surface area contributed by atoms with E-state index in [0.717, 1.165) is 22.3 Å². The first kappa shape index (κ1) is 25.5. The fraction of sp³-hybridized carbons (Fsp3) is 0.464. The number of aliphatic carboxylic acids is 1. The van der Waals surface area contributed by atoms with Crippen LogP contribution < -0.4 is 0 Å². The van der Waals surface area contributed by atoms with Gasteiger partial charge in [0.25, 0.3) is 0 Å². The maximum atomic E-state index is 13.4. The number of carboxylic acid groups (broad SMARTS) is 1. The molecule has 0 saturated carbocycles. The lowest BCUT2D eigenvalue weighted by atomic mass is 9.98. The third-order valence-electron chi connectivity index (χ3n) is 7.02. The van der Waals surface area contributed by atoms with Crippen LogP contribution in [0.15, 0.2) is 48.5 Å². The molecule has 3 atom stereocenters. The van der Waals surface area contributed by atoms with Gasteiger partial charge in [0, 0.05) is 12.5 Å². The maximum absolute atomic E-state index is 13.4. The first-order valence-electron chi connectivity index (χ1n) is 12.4. The van der Waals surface area contributed by atoms with Crippen molar-refractivity contribution in [2.75, 3.05) is 13.2 Å². The van der Waals surface area contributed by atoms with Crippen LogP contribution in [0.2, 0.25) is 0 Å². The molecule has 192 valence electrons. The number of ether oxygens (including phenoxy) is 2. The Balaban J connectivity index is 1.53. The van der Waals surface area contributed by atoms with Gasteiger partial charge in [-0.25, -0.2) is 14.4 Å². The van der Waals surface area contributed by atoms with Crippen LogP contribution in [-0.2, 0) is 14.3 Å². The number of benzene rings is 2. The molecule has 2 aliphatic rings. The summed E-state index contributed by atoms with van der Waals surface area (Å²) in [6, 6.07) is 14.0. The van der Waals surface area contributed by atoms with Gasteiger partial charge in [-0.05, 0) is 63.3 Å². The molecule has 1 fully saturated rings. The molecule has 8 nitrogen and oxygen atoms in total. The Morgan fingerprint density at radius 3 is 2.14 bits per heavy atom. The lowest BCUT2D eigenvalue weighted by Crippen LogP contribution is -2.54. The Kier molecular flexibility index (Phi) is 6.98. The smallest absolute Gasteiger partial charge is 0.410 e. The van der Waals surface area contributed by atoms with E-state index in [1.165, 1.54) is 11.8 Å². The molecule has 1 aliphatic carbocycles. The molecule has 2 aromatic rings. The summed E-state index contributed by atoms with van der Waals surface area (Å²) in [4.78, 5) is 40.9. The van der Waals surface area contributed by atoms with E-state index in [9.17, 15) is 19.5 Å². The van der Waals surface area contributed by atoms with E-state index in [-0.39, 0.29) is 12.5 Å². The van der Waals surface area contributed by atoms with Crippen molar-refractivity contribution in [3.63, 3.8) is 0 Å². The maximum Gasteiger partial charge on any atom is 0.410 e. The van der Waals surface area contributed by atoms with Gasteiger partial charge in [0.05, 0.1) is 12.1 Å². The van der Waals surface area contributed by atoms with E-state index < -0.39 is 41.9 Å². The second kappa shape index (κ2) is 9.84. The van der Waals surface area contributed by atoms with Gasteiger partial charge in [0.1, 0.15) is 18.2 Å². The lowest BCUT2D eigenvalue weighted by Gasteiger charge is -2.35. The third kappa shape index (κ3) is 4.90. The molecule has 1 saturated heterocycles. The summed E-state index contributed by atoms with van der Waals surface area (Å²) in [5.74, 6) is -1.27. The Hall–Kier alpha value is -3.55. The quantitative estimate of drug-likeness (QED) is 0.621. The van der Waals surface area contributed by atoms with Crippen molar-refractivity contribution in [2.24, 2.45) is 0 Å². The zero-order valence-corrected chi connectivity index (χ0v) is 21.4. The van der Waals surface area contributed by atoms with Gasteiger partial charge < -0.3 is 19.5 Å². The van der Waals surface area contributed by atoms with Crippen molar-refractivity contribution in [1.29, 1.82) is 0 Å². The molecule has 0 spiro atoms. The summed E-state index contributed by atoms with van der Waals surface area (Å²) < 4.78 is 11.3. The summed E-state index contributed by atoms with van der Waals surface area (Å²) in [5, 5.41) is 9.76. The lowest BCUT2D eigenvalue weighted by molar-refractivity contribution is -0.143. The van der Waals surface area contributed by atoms with Gasteiger partial charge >= 0.3 is 18.2 Å². The van der Waals surface area contributed by atoms with Gasteiger partial charge in [-0.3, -0.25) is 4.90 Å². The Morgan fingerprint density at radius 1 is 1.06 bits per heavy atom. The second-order valence-corrected chi connectivity index (χ2v) is 10.5. The van der Waals surface area contributed by atoms with Crippen LogP contribution in [0.5, 0.6) is 0 Å². The van der Waals surface area contributed by atoms with Crippen molar-refractivity contribution in [1.82, 2.24) is 9.80 Å². The number of amides is 2. The minimum Gasteiger partial charge on any atom is -0.480 e. The van der Waals surface area contributed by atoms with Gasteiger partial charge in [0.15, 0.2) is 0 Å². The molecular formula is C28H34N2O6. The van der Waals surface area contributed by atoms with Crippen LogP contribution in [0.4, 0.5) is 9.59 Å². The molecule has 1 aliphatic heterocycles. The summed E-state index contributed by atoms with van der Waals surface area (Å²) in [7, 11) is 0. The van der Waals surface area contributed by atoms with Gasteiger partial charge in [-0.2, -0.15) is 0 Å². The molecule has 1 N–H and O–H groups in total. The van der Waals surface area contributed by atoms with E-state index in [1.807, 2.05) is 36.4 Å². The number of hydrogen-bond donors (Lipinski definition) is 1. The molecule has 1 heterocycles. The number of likely N-dealkylation sites (tertiary alicyclic amines) is 1. The largest absolute Gasteiger partial charge is 0.480 e. The molecule has 0 radical (unpaired) electrons. The van der Waals surface area contributed by atoms with Crippen molar-refractivity contribution in [2.45, 2.75) is 70.7 Å². The van der Waals surface area contributed by atoms with Crippen molar-refractivity contribution >= 4 is 18.2 Å². The molecule has 8 heteroatoms. The van der Waals surface area contributed by atoms with Crippen LogP contribution in [0, 0.1) is 0 Å². The zero-order valence-electron chi connectivity index (χ0n) is 21.4. The number of carboxylic acids is 1. The zero-order chi connectivity index (χ0) is 26.2. The monoisotopic (exact) mass is 494 g/mol. The normalized spacial score (nSPS) is 19.9. The molecule has 0 aromatic heterocycles. The number of fused-ring (bicyclic) bond motifs is 3. The fourth-order valence-electron chi connectivity index (χ4n) is 5.24. The van der Waals surface area contributed by atoms with Crippen LogP contribution in [0.1, 0.15) is 58.1 Å². The molecule has 0 bridgehead atoms. The van der Waals surface area contributed by atoms with E-state index in [0.29, 0.717) is 13.0 Å². The highest BCUT2D eigenvalue weighted by Gasteiger charge is 2.44.